The molecule has 2 rings (SSSR count). The highest BCUT2D eigenvalue weighted by Gasteiger charge is 2.13. The molecule has 0 radical (unpaired) electrons. The smallest absolute Gasteiger partial charge is 0.337 e. The molecule has 0 aliphatic heterocycles. The molecule has 1 aromatic carbocycles. The molecule has 1 aromatic heterocycles. The molecule has 1 heterocycles. The Kier molecular flexibility index (Phi) is 14.6. The van der Waals surface area contributed by atoms with Crippen LogP contribution in [0.2, 0.25) is 0 Å². The van der Waals surface area contributed by atoms with Crippen LogP contribution >= 0.6 is 0 Å². The monoisotopic (exact) mass is 525 g/mol. The number of carboxylic acid groups (broad SMARTS) is 1. The van der Waals surface area contributed by atoms with Gasteiger partial charge in [-0.15, -0.1) is 0 Å². The zero-order chi connectivity index (χ0) is 27.6. The van der Waals surface area contributed by atoms with Crippen molar-refractivity contribution in [1.29, 1.82) is 0 Å². The van der Waals surface area contributed by atoms with Crippen LogP contribution in [0.15, 0.2) is 43.0 Å². The molecule has 0 bridgehead atoms. The lowest BCUT2D eigenvalue weighted by molar-refractivity contribution is -0.136. The van der Waals surface area contributed by atoms with Gasteiger partial charge < -0.3 is 19.3 Å². The number of rotatable bonds is 20. The highest BCUT2D eigenvalue weighted by atomic mass is 16.5. The first-order valence-corrected chi connectivity index (χ1v) is 13.8. The van der Waals surface area contributed by atoms with E-state index >= 15 is 0 Å². The van der Waals surface area contributed by atoms with E-state index in [0.717, 1.165) is 12.8 Å². The lowest BCUT2D eigenvalue weighted by atomic mass is 10.1. The van der Waals surface area contributed by atoms with Gasteiger partial charge in [-0.1, -0.05) is 77.4 Å². The van der Waals surface area contributed by atoms with Crippen LogP contribution in [0.1, 0.15) is 106 Å². The van der Waals surface area contributed by atoms with Crippen LogP contribution in [0.4, 0.5) is 0 Å². The second-order valence-corrected chi connectivity index (χ2v) is 9.49. The molecule has 0 saturated heterocycles. The maximum absolute atomic E-state index is 11.8. The van der Waals surface area contributed by atoms with Crippen molar-refractivity contribution in [2.75, 3.05) is 13.7 Å². The first-order chi connectivity index (χ1) is 18.4. The number of aliphatic carboxylic acids is 1. The van der Waals surface area contributed by atoms with Gasteiger partial charge in [0.2, 0.25) is 0 Å². The average Bonchev–Trinajstić information content (AvgIpc) is 2.93. The van der Waals surface area contributed by atoms with Gasteiger partial charge in [0.1, 0.15) is 23.8 Å². The normalized spacial score (nSPS) is 10.7. The number of aromatic nitrogens is 1. The highest BCUT2D eigenvalue weighted by molar-refractivity contribution is 5.89. The van der Waals surface area contributed by atoms with Crippen LogP contribution in [0.3, 0.4) is 0 Å². The number of allylic oxidation sites excluding steroid dienone is 1. The average molecular weight is 526 g/mol. The van der Waals surface area contributed by atoms with E-state index in [4.69, 9.17) is 19.3 Å². The number of nitrogens with zero attached hydrogens (tertiary/aromatic N) is 1. The third kappa shape index (κ3) is 11.8. The Hall–Kier alpha value is -3.35. The Morgan fingerprint density at radius 3 is 2.24 bits per heavy atom. The Balaban J connectivity index is 1.91. The number of carbonyl (C=O) groups excluding carboxylic acids is 1. The molecule has 1 N–H and O–H groups in total. The lowest BCUT2D eigenvalue weighted by Crippen LogP contribution is -2.06. The number of carbonyl (C=O) groups is 2. The summed E-state index contributed by atoms with van der Waals surface area (Å²) in [6.07, 6.45) is 12.8. The third-order valence-electron chi connectivity index (χ3n) is 6.29. The van der Waals surface area contributed by atoms with E-state index in [1.54, 1.807) is 24.3 Å². The molecular weight excluding hydrogens is 482 g/mol. The molecule has 2 aromatic rings. The molecule has 208 valence electrons. The Morgan fingerprint density at radius 1 is 0.895 bits per heavy atom. The number of benzene rings is 1. The van der Waals surface area contributed by atoms with E-state index in [9.17, 15) is 9.59 Å². The maximum atomic E-state index is 11.8. The number of carboxylic acids is 1. The fraction of sp³-hybridized carbons (Fsp3) is 0.516. The molecule has 0 saturated carbocycles. The van der Waals surface area contributed by atoms with Gasteiger partial charge in [-0.2, -0.15) is 0 Å². The number of hydrogen-bond acceptors (Lipinski definition) is 6. The van der Waals surface area contributed by atoms with E-state index in [2.05, 4.69) is 18.5 Å². The van der Waals surface area contributed by atoms with Crippen molar-refractivity contribution in [1.82, 2.24) is 4.98 Å². The van der Waals surface area contributed by atoms with Crippen LogP contribution in [0.5, 0.6) is 11.5 Å². The number of unbranched alkanes of at least 4 members (excludes halogenated alkanes) is 9. The topological polar surface area (TPSA) is 95.0 Å². The molecule has 0 spiro atoms. The van der Waals surface area contributed by atoms with Crippen LogP contribution in [0.25, 0.3) is 5.57 Å². The van der Waals surface area contributed by atoms with Gasteiger partial charge >= 0.3 is 11.9 Å². The van der Waals surface area contributed by atoms with Crippen molar-refractivity contribution >= 4 is 17.5 Å². The van der Waals surface area contributed by atoms with Gasteiger partial charge in [-0.25, -0.2) is 9.78 Å². The molecule has 7 heteroatoms. The highest BCUT2D eigenvalue weighted by Crippen LogP contribution is 2.28. The summed E-state index contributed by atoms with van der Waals surface area (Å²) in [5.74, 6) is -0.201. The minimum atomic E-state index is -0.885. The lowest BCUT2D eigenvalue weighted by Gasteiger charge is -2.14. The zero-order valence-electron chi connectivity index (χ0n) is 23.0. The summed E-state index contributed by atoms with van der Waals surface area (Å²) < 4.78 is 16.6. The van der Waals surface area contributed by atoms with Gasteiger partial charge in [-0.05, 0) is 48.7 Å². The second kappa shape index (κ2) is 18.0. The van der Waals surface area contributed by atoms with Crippen molar-refractivity contribution in [3.8, 4) is 11.5 Å². The van der Waals surface area contributed by atoms with Gasteiger partial charge in [0.15, 0.2) is 0 Å². The molecule has 38 heavy (non-hydrogen) atoms. The van der Waals surface area contributed by atoms with Gasteiger partial charge in [0, 0.05) is 6.42 Å². The SMILES string of the molecule is C=C(CCC(=O)O)c1nc(COc2cccc(C(=O)OC)c2)ccc1OCCCCCCCCCCCC. The van der Waals surface area contributed by atoms with Crippen molar-refractivity contribution in [2.45, 2.75) is 90.6 Å². The Bertz CT molecular complexity index is 1020. The summed E-state index contributed by atoms with van der Waals surface area (Å²) in [4.78, 5) is 27.5. The van der Waals surface area contributed by atoms with E-state index in [0.29, 0.717) is 40.6 Å². The number of esters is 1. The van der Waals surface area contributed by atoms with Crippen molar-refractivity contribution in [3.63, 3.8) is 0 Å². The number of ether oxygens (including phenoxy) is 3. The summed E-state index contributed by atoms with van der Waals surface area (Å²) in [5.41, 5.74) is 2.21. The van der Waals surface area contributed by atoms with Gasteiger partial charge in [0.05, 0.1) is 25.0 Å². The van der Waals surface area contributed by atoms with Crippen molar-refractivity contribution in [3.05, 3.63) is 59.9 Å². The number of methoxy groups -OCH3 is 1. The van der Waals surface area contributed by atoms with E-state index in [-0.39, 0.29) is 19.4 Å². The molecule has 0 aliphatic carbocycles. The van der Waals surface area contributed by atoms with E-state index in [1.165, 1.54) is 58.5 Å². The largest absolute Gasteiger partial charge is 0.491 e. The molecule has 0 fully saturated rings. The molecular formula is C31H43NO6. The van der Waals surface area contributed by atoms with Crippen molar-refractivity contribution in [2.24, 2.45) is 0 Å². The minimum absolute atomic E-state index is 0.0283. The zero-order valence-corrected chi connectivity index (χ0v) is 23.0. The predicted octanol–water partition coefficient (Wildman–Crippen LogP) is 7.62. The summed E-state index contributed by atoms with van der Waals surface area (Å²) in [6.45, 7) is 7.05. The third-order valence-corrected chi connectivity index (χ3v) is 6.29. The fourth-order valence-corrected chi connectivity index (χ4v) is 4.07. The Morgan fingerprint density at radius 2 is 1.58 bits per heavy atom. The summed E-state index contributed by atoms with van der Waals surface area (Å²) >= 11 is 0. The summed E-state index contributed by atoms with van der Waals surface area (Å²) in [7, 11) is 1.33. The van der Waals surface area contributed by atoms with Gasteiger partial charge in [0.25, 0.3) is 0 Å². The molecule has 0 amide bonds. The standard InChI is InChI=1S/C31H43NO6/c1-4-5-6-7-8-9-10-11-12-13-21-37-28-19-18-26(32-30(28)24(2)17-20-29(33)34)23-38-27-16-14-15-25(22-27)31(35)36-3/h14-16,18-19,22H,2,4-13,17,20-21,23H2,1,3H3,(H,33,34). The first kappa shape index (κ1) is 30.9. The van der Waals surface area contributed by atoms with E-state index in [1.807, 2.05) is 12.1 Å². The first-order valence-electron chi connectivity index (χ1n) is 13.8. The fourth-order valence-electron chi connectivity index (χ4n) is 4.07. The van der Waals surface area contributed by atoms with Crippen molar-refractivity contribution < 1.29 is 28.9 Å². The quantitative estimate of drug-likeness (QED) is 0.140. The van der Waals surface area contributed by atoms with Crippen LogP contribution in [-0.2, 0) is 16.1 Å². The predicted molar refractivity (Wildman–Crippen MR) is 150 cm³/mol. The number of pyridine rings is 1. The molecule has 7 nitrogen and oxygen atoms in total. The van der Waals surface area contributed by atoms with Crippen LogP contribution in [0, 0.1) is 0 Å². The second-order valence-electron chi connectivity index (χ2n) is 9.49. The molecule has 0 atom stereocenters. The Labute approximate surface area is 227 Å². The van der Waals surface area contributed by atoms with E-state index < -0.39 is 11.9 Å². The molecule has 0 aliphatic rings. The van der Waals surface area contributed by atoms with Crippen LogP contribution < -0.4 is 9.47 Å². The molecule has 0 unspecified atom stereocenters. The van der Waals surface area contributed by atoms with Crippen LogP contribution in [-0.4, -0.2) is 35.7 Å². The minimum Gasteiger partial charge on any atom is -0.491 e. The van der Waals surface area contributed by atoms with Gasteiger partial charge in [-0.3, -0.25) is 4.79 Å². The summed E-state index contributed by atoms with van der Waals surface area (Å²) in [5, 5.41) is 9.09. The maximum Gasteiger partial charge on any atom is 0.337 e. The number of hydrogen-bond donors (Lipinski definition) is 1. The summed E-state index contributed by atoms with van der Waals surface area (Å²) in [6, 6.07) is 10.4.